The summed E-state index contributed by atoms with van der Waals surface area (Å²) in [4.78, 5) is 27.6. The van der Waals surface area contributed by atoms with Gasteiger partial charge in [0.2, 0.25) is 0 Å². The van der Waals surface area contributed by atoms with Crippen molar-refractivity contribution >= 4 is 11.9 Å². The second-order valence-corrected chi connectivity index (χ2v) is 8.96. The van der Waals surface area contributed by atoms with E-state index < -0.39 is 40.6 Å². The molecule has 0 atom stereocenters. The maximum atomic E-state index is 13.3. The summed E-state index contributed by atoms with van der Waals surface area (Å²) in [5.74, 6) is -2.95. The molecule has 0 aliphatic rings. The number of aliphatic carboxylic acids is 1. The second kappa shape index (κ2) is 10.3. The maximum Gasteiger partial charge on any atom is 0.419 e. The van der Waals surface area contributed by atoms with E-state index in [1.807, 2.05) is 0 Å². The predicted octanol–water partition coefficient (Wildman–Crippen LogP) is 5.63. The van der Waals surface area contributed by atoms with Crippen molar-refractivity contribution in [1.29, 1.82) is 0 Å². The van der Waals surface area contributed by atoms with Gasteiger partial charge >= 0.3 is 18.1 Å². The average Bonchev–Trinajstić information content (AvgIpc) is 2.75. The van der Waals surface area contributed by atoms with Crippen molar-refractivity contribution in [3.8, 4) is 22.6 Å². The Labute approximate surface area is 205 Å². The van der Waals surface area contributed by atoms with Gasteiger partial charge in [0.25, 0.3) is 0 Å². The van der Waals surface area contributed by atoms with Crippen LogP contribution in [-0.2, 0) is 28.7 Å². The molecule has 0 unspecified atom stereocenters. The standard InChI is InChI=1S/C26H24F3NO6/c1-25(2,3)36-24(34)22-17(6-9-20(23(22)33)26(27,28)29)14-35-19-7-4-16(5-8-19)18-10-15(11-21(31)32)12-30-13-18/h4-10,12-13,33H,11,14H2,1-3H3,(H,31,32). The molecular weight excluding hydrogens is 479 g/mol. The molecule has 0 aliphatic heterocycles. The molecule has 0 fully saturated rings. The van der Waals surface area contributed by atoms with Gasteiger partial charge in [0.05, 0.1) is 12.0 Å². The minimum Gasteiger partial charge on any atom is -0.506 e. The number of alkyl halides is 3. The normalized spacial score (nSPS) is 11.7. The van der Waals surface area contributed by atoms with Crippen LogP contribution in [0.5, 0.6) is 11.5 Å². The number of halogens is 3. The molecule has 190 valence electrons. The molecule has 10 heteroatoms. The van der Waals surface area contributed by atoms with Crippen LogP contribution < -0.4 is 4.74 Å². The topological polar surface area (TPSA) is 106 Å². The van der Waals surface area contributed by atoms with Crippen molar-refractivity contribution in [2.75, 3.05) is 0 Å². The van der Waals surface area contributed by atoms with Gasteiger partial charge < -0.3 is 19.7 Å². The fourth-order valence-electron chi connectivity index (χ4n) is 3.36. The molecule has 2 N–H and O–H groups in total. The minimum atomic E-state index is -4.87. The number of carboxylic acid groups (broad SMARTS) is 1. The Bertz CT molecular complexity index is 1260. The van der Waals surface area contributed by atoms with E-state index >= 15 is 0 Å². The Morgan fingerprint density at radius 2 is 1.64 bits per heavy atom. The molecule has 0 spiro atoms. The van der Waals surface area contributed by atoms with Crippen molar-refractivity contribution in [3.63, 3.8) is 0 Å². The minimum absolute atomic E-state index is 0.0180. The number of phenols is 1. The molecule has 3 rings (SSSR count). The van der Waals surface area contributed by atoms with E-state index in [1.165, 1.54) is 6.20 Å². The average molecular weight is 503 g/mol. The lowest BCUT2D eigenvalue weighted by Crippen LogP contribution is -2.25. The summed E-state index contributed by atoms with van der Waals surface area (Å²) in [7, 11) is 0. The summed E-state index contributed by atoms with van der Waals surface area (Å²) >= 11 is 0. The first kappa shape index (κ1) is 26.5. The quantitative estimate of drug-likeness (QED) is 0.402. The lowest BCUT2D eigenvalue weighted by atomic mass is 10.0. The van der Waals surface area contributed by atoms with E-state index in [0.717, 1.165) is 11.6 Å². The number of benzene rings is 2. The number of phenolic OH excluding ortho intramolecular Hbond substituents is 1. The highest BCUT2D eigenvalue weighted by molar-refractivity contribution is 5.95. The van der Waals surface area contributed by atoms with Gasteiger partial charge in [-0.1, -0.05) is 18.2 Å². The molecule has 0 saturated carbocycles. The number of hydrogen-bond acceptors (Lipinski definition) is 6. The summed E-state index contributed by atoms with van der Waals surface area (Å²) in [5, 5.41) is 19.2. The van der Waals surface area contributed by atoms with Crippen LogP contribution in [0.3, 0.4) is 0 Å². The molecule has 0 aliphatic carbocycles. The third kappa shape index (κ3) is 6.74. The molecule has 0 radical (unpaired) electrons. The summed E-state index contributed by atoms with van der Waals surface area (Å²) in [6.07, 6.45) is -1.98. The number of hydrogen-bond donors (Lipinski definition) is 2. The number of carbonyl (C=O) groups excluding carboxylic acids is 1. The largest absolute Gasteiger partial charge is 0.506 e. The SMILES string of the molecule is CC(C)(C)OC(=O)c1c(COc2ccc(-c3cncc(CC(=O)O)c3)cc2)ccc(C(F)(F)F)c1O. The highest BCUT2D eigenvalue weighted by Crippen LogP contribution is 2.39. The number of carboxylic acids is 1. The first-order chi connectivity index (χ1) is 16.7. The van der Waals surface area contributed by atoms with Gasteiger partial charge in [0.1, 0.15) is 29.3 Å². The lowest BCUT2D eigenvalue weighted by molar-refractivity contribution is -0.139. The van der Waals surface area contributed by atoms with Crippen molar-refractivity contribution in [3.05, 3.63) is 77.1 Å². The summed E-state index contributed by atoms with van der Waals surface area (Å²) in [6.45, 7) is 4.36. The Morgan fingerprint density at radius 3 is 2.22 bits per heavy atom. The Balaban J connectivity index is 1.84. The van der Waals surface area contributed by atoms with Crippen LogP contribution in [0.1, 0.15) is 47.8 Å². The zero-order valence-electron chi connectivity index (χ0n) is 19.7. The molecule has 1 heterocycles. The molecular formula is C26H24F3NO6. The van der Waals surface area contributed by atoms with Crippen LogP contribution in [0.15, 0.2) is 54.9 Å². The first-order valence-electron chi connectivity index (χ1n) is 10.8. The molecule has 0 saturated heterocycles. The van der Waals surface area contributed by atoms with Gasteiger partial charge in [-0.2, -0.15) is 13.2 Å². The summed E-state index contributed by atoms with van der Waals surface area (Å²) in [5.41, 5.74) is -0.971. The molecule has 2 aromatic carbocycles. The molecule has 36 heavy (non-hydrogen) atoms. The van der Waals surface area contributed by atoms with E-state index in [9.17, 15) is 27.9 Å². The Kier molecular flexibility index (Phi) is 7.57. The fourth-order valence-corrected chi connectivity index (χ4v) is 3.36. The van der Waals surface area contributed by atoms with Crippen LogP contribution in [-0.4, -0.2) is 32.7 Å². The highest BCUT2D eigenvalue weighted by Gasteiger charge is 2.37. The van der Waals surface area contributed by atoms with Crippen LogP contribution in [0.4, 0.5) is 13.2 Å². The van der Waals surface area contributed by atoms with Crippen molar-refractivity contribution < 1.29 is 42.4 Å². The third-order valence-corrected chi connectivity index (χ3v) is 4.90. The number of rotatable bonds is 7. The van der Waals surface area contributed by atoms with E-state index in [0.29, 0.717) is 22.9 Å². The zero-order valence-corrected chi connectivity index (χ0v) is 19.7. The van der Waals surface area contributed by atoms with E-state index in [4.69, 9.17) is 14.6 Å². The van der Waals surface area contributed by atoms with Crippen LogP contribution >= 0.6 is 0 Å². The lowest BCUT2D eigenvalue weighted by Gasteiger charge is -2.22. The number of ether oxygens (including phenoxy) is 2. The monoisotopic (exact) mass is 503 g/mol. The molecule has 7 nitrogen and oxygen atoms in total. The third-order valence-electron chi connectivity index (χ3n) is 4.90. The van der Waals surface area contributed by atoms with Crippen molar-refractivity contribution in [2.24, 2.45) is 0 Å². The molecule has 1 aromatic heterocycles. The molecule has 0 amide bonds. The van der Waals surface area contributed by atoms with E-state index in [2.05, 4.69) is 4.98 Å². The van der Waals surface area contributed by atoms with Gasteiger partial charge in [0, 0.05) is 23.5 Å². The smallest absolute Gasteiger partial charge is 0.419 e. The number of esters is 1. The zero-order chi connectivity index (χ0) is 26.7. The Hall–Kier alpha value is -4.08. The highest BCUT2D eigenvalue weighted by atomic mass is 19.4. The Morgan fingerprint density at radius 1 is 0.972 bits per heavy atom. The number of pyridine rings is 1. The van der Waals surface area contributed by atoms with Crippen molar-refractivity contribution in [1.82, 2.24) is 4.98 Å². The van der Waals surface area contributed by atoms with Gasteiger partial charge in [0.15, 0.2) is 0 Å². The summed E-state index contributed by atoms with van der Waals surface area (Å²) in [6, 6.07) is 10.1. The molecule has 3 aromatic rings. The van der Waals surface area contributed by atoms with Crippen LogP contribution in [0.25, 0.3) is 11.1 Å². The van der Waals surface area contributed by atoms with Crippen LogP contribution in [0, 0.1) is 0 Å². The van der Waals surface area contributed by atoms with Crippen molar-refractivity contribution in [2.45, 2.75) is 45.6 Å². The van der Waals surface area contributed by atoms with E-state index in [1.54, 1.807) is 57.3 Å². The number of aromatic nitrogens is 1. The predicted molar refractivity (Wildman–Crippen MR) is 124 cm³/mol. The first-order valence-corrected chi connectivity index (χ1v) is 10.8. The number of carbonyl (C=O) groups is 2. The summed E-state index contributed by atoms with van der Waals surface area (Å²) < 4.78 is 50.8. The number of aromatic hydroxyl groups is 1. The van der Waals surface area contributed by atoms with Gasteiger partial charge in [-0.3, -0.25) is 9.78 Å². The fraction of sp³-hybridized carbons (Fsp3) is 0.269. The van der Waals surface area contributed by atoms with Gasteiger partial charge in [-0.05, 0) is 56.2 Å². The second-order valence-electron chi connectivity index (χ2n) is 8.96. The van der Waals surface area contributed by atoms with Crippen LogP contribution in [0.2, 0.25) is 0 Å². The molecule has 0 bridgehead atoms. The van der Waals surface area contributed by atoms with E-state index in [-0.39, 0.29) is 18.6 Å². The van der Waals surface area contributed by atoms with Gasteiger partial charge in [-0.25, -0.2) is 4.79 Å². The maximum absolute atomic E-state index is 13.3. The number of nitrogens with zero attached hydrogens (tertiary/aromatic N) is 1. The van der Waals surface area contributed by atoms with Gasteiger partial charge in [-0.15, -0.1) is 0 Å².